The van der Waals surface area contributed by atoms with E-state index in [2.05, 4.69) is 5.32 Å². The van der Waals surface area contributed by atoms with Crippen LogP contribution in [0, 0.1) is 0 Å². The molecule has 0 saturated heterocycles. The average Bonchev–Trinajstić information content (AvgIpc) is 2.44. The normalized spacial score (nSPS) is 17.4. The van der Waals surface area contributed by atoms with Crippen molar-refractivity contribution in [2.75, 3.05) is 11.9 Å². The summed E-state index contributed by atoms with van der Waals surface area (Å²) in [4.78, 5) is 11.3. The Balaban J connectivity index is 1.95. The summed E-state index contributed by atoms with van der Waals surface area (Å²) in [5, 5.41) is 2.58. The first-order chi connectivity index (χ1) is 10.4. The number of rotatable bonds is 4. The van der Waals surface area contributed by atoms with Gasteiger partial charge in [-0.05, 0) is 49.9 Å². The molecule has 2 rings (SSSR count). The van der Waals surface area contributed by atoms with Crippen LogP contribution in [0.4, 0.5) is 23.7 Å². The number of carbonyl (C=O) groups excluding carboxylic acids is 1. The smallest absolute Gasteiger partial charge is 0.411 e. The maximum Gasteiger partial charge on any atom is 0.411 e. The van der Waals surface area contributed by atoms with Crippen molar-refractivity contribution in [2.24, 2.45) is 0 Å². The second kappa shape index (κ2) is 6.89. The molecule has 1 aliphatic heterocycles. The van der Waals surface area contributed by atoms with Crippen LogP contribution in [0.25, 0.3) is 0 Å². The molecule has 0 saturated carbocycles. The van der Waals surface area contributed by atoms with E-state index in [1.165, 1.54) is 0 Å². The fourth-order valence-electron chi connectivity index (χ4n) is 2.34. The summed E-state index contributed by atoms with van der Waals surface area (Å²) < 4.78 is 47.1. The number of hydrogen-bond donors (Lipinski definition) is 1. The van der Waals surface area contributed by atoms with Crippen molar-refractivity contribution < 1.29 is 27.4 Å². The minimum Gasteiger partial charge on any atom is -0.490 e. The van der Waals surface area contributed by atoms with Gasteiger partial charge in [-0.2, -0.15) is 13.2 Å². The Bertz CT molecular complexity index is 531. The molecule has 0 bridgehead atoms. The zero-order valence-electron chi connectivity index (χ0n) is 12.2. The first-order valence-corrected chi connectivity index (χ1v) is 7.17. The van der Waals surface area contributed by atoms with E-state index >= 15 is 0 Å². The van der Waals surface area contributed by atoms with Gasteiger partial charge in [0, 0.05) is 12.1 Å². The summed E-state index contributed by atoms with van der Waals surface area (Å²) in [6, 6.07) is 5.06. The summed E-state index contributed by atoms with van der Waals surface area (Å²) in [5.41, 5.74) is 1.45. The van der Waals surface area contributed by atoms with Crippen molar-refractivity contribution in [3.8, 4) is 5.75 Å². The number of anilines is 1. The Hall–Kier alpha value is -1.92. The van der Waals surface area contributed by atoms with E-state index < -0.39 is 24.8 Å². The molecule has 1 unspecified atom stereocenters. The standard InChI is InChI=1S/C15H18F3NO3/c1-2-21-14(20)19-11-4-6-13-10(9-11)3-5-12(22-13)7-8-15(16,17)18/h4,6,9,12H,2-3,5,7-8H2,1H3,(H,19,20). The molecule has 1 heterocycles. The third-order valence-corrected chi connectivity index (χ3v) is 3.36. The highest BCUT2D eigenvalue weighted by atomic mass is 19.4. The van der Waals surface area contributed by atoms with Crippen molar-refractivity contribution in [2.45, 2.75) is 44.9 Å². The zero-order valence-corrected chi connectivity index (χ0v) is 12.2. The van der Waals surface area contributed by atoms with Gasteiger partial charge in [-0.1, -0.05) is 0 Å². The molecule has 4 nitrogen and oxygen atoms in total. The van der Waals surface area contributed by atoms with Gasteiger partial charge in [0.05, 0.1) is 12.7 Å². The van der Waals surface area contributed by atoms with Crippen LogP contribution in [-0.4, -0.2) is 25.0 Å². The minimum atomic E-state index is -4.16. The van der Waals surface area contributed by atoms with Gasteiger partial charge in [0.2, 0.25) is 0 Å². The summed E-state index contributed by atoms with van der Waals surface area (Å²) in [7, 11) is 0. The highest BCUT2D eigenvalue weighted by Crippen LogP contribution is 2.33. The van der Waals surface area contributed by atoms with Crippen LogP contribution in [0.1, 0.15) is 31.7 Å². The number of halogens is 3. The molecular weight excluding hydrogens is 299 g/mol. The van der Waals surface area contributed by atoms with E-state index in [-0.39, 0.29) is 13.0 Å². The molecule has 1 N–H and O–H groups in total. The lowest BCUT2D eigenvalue weighted by Crippen LogP contribution is -2.25. The van der Waals surface area contributed by atoms with Crippen LogP contribution >= 0.6 is 0 Å². The molecular formula is C15H18F3NO3. The van der Waals surface area contributed by atoms with Gasteiger partial charge in [0.15, 0.2) is 0 Å². The van der Waals surface area contributed by atoms with Crippen molar-refractivity contribution >= 4 is 11.8 Å². The van der Waals surface area contributed by atoms with Gasteiger partial charge in [0.25, 0.3) is 0 Å². The fourth-order valence-corrected chi connectivity index (χ4v) is 2.34. The van der Waals surface area contributed by atoms with Gasteiger partial charge in [-0.15, -0.1) is 0 Å². The van der Waals surface area contributed by atoms with Gasteiger partial charge in [0.1, 0.15) is 5.75 Å². The number of aryl methyl sites for hydroxylation is 1. The predicted molar refractivity (Wildman–Crippen MR) is 75.1 cm³/mol. The number of alkyl halides is 3. The summed E-state index contributed by atoms with van der Waals surface area (Å²) >= 11 is 0. The van der Waals surface area contributed by atoms with E-state index in [1.54, 1.807) is 25.1 Å². The van der Waals surface area contributed by atoms with Crippen LogP contribution < -0.4 is 10.1 Å². The first-order valence-electron chi connectivity index (χ1n) is 7.17. The number of carbonyl (C=O) groups is 1. The van der Waals surface area contributed by atoms with E-state index in [9.17, 15) is 18.0 Å². The topological polar surface area (TPSA) is 47.6 Å². The lowest BCUT2D eigenvalue weighted by molar-refractivity contribution is -0.139. The number of fused-ring (bicyclic) bond motifs is 1. The van der Waals surface area contributed by atoms with Crippen LogP contribution in [0.3, 0.4) is 0 Å². The van der Waals surface area contributed by atoms with Crippen molar-refractivity contribution in [3.05, 3.63) is 23.8 Å². The Morgan fingerprint density at radius 1 is 1.45 bits per heavy atom. The number of benzene rings is 1. The van der Waals surface area contributed by atoms with Crippen LogP contribution in [0.15, 0.2) is 18.2 Å². The summed E-state index contributed by atoms with van der Waals surface area (Å²) in [6.07, 6.45) is -4.83. The molecule has 1 aromatic rings. The molecule has 0 aromatic heterocycles. The number of hydrogen-bond acceptors (Lipinski definition) is 3. The first kappa shape index (κ1) is 16.5. The summed E-state index contributed by atoms with van der Waals surface area (Å²) in [6.45, 7) is 1.99. The van der Waals surface area contributed by atoms with Crippen molar-refractivity contribution in [1.82, 2.24) is 0 Å². The molecule has 0 radical (unpaired) electrons. The Morgan fingerprint density at radius 2 is 2.23 bits per heavy atom. The van der Waals surface area contributed by atoms with Crippen LogP contribution in [-0.2, 0) is 11.2 Å². The molecule has 1 aromatic carbocycles. The number of ether oxygens (including phenoxy) is 2. The fraction of sp³-hybridized carbons (Fsp3) is 0.533. The average molecular weight is 317 g/mol. The van der Waals surface area contributed by atoms with E-state index in [0.717, 1.165) is 5.56 Å². The second-order valence-electron chi connectivity index (χ2n) is 5.10. The quantitative estimate of drug-likeness (QED) is 0.901. The minimum absolute atomic E-state index is 0.0359. The van der Waals surface area contributed by atoms with Gasteiger partial charge < -0.3 is 9.47 Å². The highest BCUT2D eigenvalue weighted by molar-refractivity contribution is 5.84. The maximum atomic E-state index is 12.2. The van der Waals surface area contributed by atoms with Crippen molar-refractivity contribution in [3.63, 3.8) is 0 Å². The second-order valence-corrected chi connectivity index (χ2v) is 5.10. The van der Waals surface area contributed by atoms with E-state index in [4.69, 9.17) is 9.47 Å². The largest absolute Gasteiger partial charge is 0.490 e. The molecule has 1 amide bonds. The zero-order chi connectivity index (χ0) is 16.2. The lowest BCUT2D eigenvalue weighted by Gasteiger charge is -2.26. The van der Waals surface area contributed by atoms with Crippen LogP contribution in [0.5, 0.6) is 5.75 Å². The maximum absolute atomic E-state index is 12.2. The molecule has 1 aliphatic rings. The monoisotopic (exact) mass is 317 g/mol. The summed E-state index contributed by atoms with van der Waals surface area (Å²) in [5.74, 6) is 0.577. The molecule has 0 aliphatic carbocycles. The lowest BCUT2D eigenvalue weighted by atomic mass is 9.99. The number of nitrogens with one attached hydrogen (secondary N) is 1. The van der Waals surface area contributed by atoms with Gasteiger partial charge >= 0.3 is 12.3 Å². The number of amides is 1. The van der Waals surface area contributed by atoms with Crippen LogP contribution in [0.2, 0.25) is 0 Å². The Labute approximate surface area is 126 Å². The Kier molecular flexibility index (Phi) is 5.15. The molecule has 0 spiro atoms. The highest BCUT2D eigenvalue weighted by Gasteiger charge is 2.30. The molecule has 1 atom stereocenters. The van der Waals surface area contributed by atoms with Gasteiger partial charge in [-0.3, -0.25) is 5.32 Å². The van der Waals surface area contributed by atoms with E-state index in [0.29, 0.717) is 24.3 Å². The SMILES string of the molecule is CCOC(=O)Nc1ccc2c(c1)CCC(CCC(F)(F)F)O2. The third-order valence-electron chi connectivity index (χ3n) is 3.36. The van der Waals surface area contributed by atoms with E-state index in [1.807, 2.05) is 0 Å². The molecule has 122 valence electrons. The third kappa shape index (κ3) is 4.82. The predicted octanol–water partition coefficient (Wildman–Crippen LogP) is 4.29. The Morgan fingerprint density at radius 3 is 2.91 bits per heavy atom. The molecule has 22 heavy (non-hydrogen) atoms. The van der Waals surface area contributed by atoms with Crippen molar-refractivity contribution in [1.29, 1.82) is 0 Å². The van der Waals surface area contributed by atoms with Gasteiger partial charge in [-0.25, -0.2) is 4.79 Å². The molecule has 7 heteroatoms. The molecule has 0 fully saturated rings.